The number of nitrogens with one attached hydrogen (secondary N) is 1. The van der Waals surface area contributed by atoms with Gasteiger partial charge in [0.25, 0.3) is 0 Å². The summed E-state index contributed by atoms with van der Waals surface area (Å²) >= 11 is 0. The van der Waals surface area contributed by atoms with E-state index in [0.717, 1.165) is 27.7 Å². The first kappa shape index (κ1) is 13.7. The standard InChI is InChI=1S/C17H14N4O/c18-10-15(21-20)17(19)14-3-1-2-11(9-14)12-4-5-16-13(8-12)6-7-22-16/h1-9,21H,19-20H2/b17-15-. The van der Waals surface area contributed by atoms with Gasteiger partial charge in [0.2, 0.25) is 0 Å². The number of benzene rings is 2. The van der Waals surface area contributed by atoms with Crippen molar-refractivity contribution < 1.29 is 4.42 Å². The normalized spacial score (nSPS) is 11.8. The molecule has 0 bridgehead atoms. The van der Waals surface area contributed by atoms with Gasteiger partial charge in [0.15, 0.2) is 5.70 Å². The third-order valence-electron chi connectivity index (χ3n) is 3.48. The summed E-state index contributed by atoms with van der Waals surface area (Å²) < 4.78 is 5.35. The Labute approximate surface area is 127 Å². The molecular weight excluding hydrogens is 276 g/mol. The molecule has 0 unspecified atom stereocenters. The van der Waals surface area contributed by atoms with E-state index in [1.807, 2.05) is 54.6 Å². The second kappa shape index (κ2) is 5.64. The minimum Gasteiger partial charge on any atom is -0.464 e. The van der Waals surface area contributed by atoms with Gasteiger partial charge in [0, 0.05) is 10.9 Å². The highest BCUT2D eigenvalue weighted by molar-refractivity contribution is 5.84. The summed E-state index contributed by atoms with van der Waals surface area (Å²) in [6.45, 7) is 0. The molecule has 0 aliphatic heterocycles. The van der Waals surface area contributed by atoms with E-state index in [-0.39, 0.29) is 5.70 Å². The minimum absolute atomic E-state index is 0.141. The first-order valence-corrected chi connectivity index (χ1v) is 6.67. The molecule has 0 aliphatic carbocycles. The van der Waals surface area contributed by atoms with Crippen molar-refractivity contribution in [2.45, 2.75) is 0 Å². The molecule has 5 N–H and O–H groups in total. The Bertz CT molecular complexity index is 902. The molecule has 0 fully saturated rings. The largest absolute Gasteiger partial charge is 0.464 e. The van der Waals surface area contributed by atoms with Crippen LogP contribution >= 0.6 is 0 Å². The number of rotatable bonds is 3. The molecule has 0 saturated carbocycles. The molecule has 3 rings (SSSR count). The van der Waals surface area contributed by atoms with Crippen LogP contribution < -0.4 is 17.0 Å². The van der Waals surface area contributed by atoms with Gasteiger partial charge in [0.1, 0.15) is 11.7 Å². The second-order valence-corrected chi connectivity index (χ2v) is 4.80. The summed E-state index contributed by atoms with van der Waals surface area (Å²) in [5.41, 5.74) is 12.4. The molecule has 3 aromatic rings. The number of furan rings is 1. The molecule has 0 atom stereocenters. The maximum atomic E-state index is 9.00. The van der Waals surface area contributed by atoms with Crippen molar-refractivity contribution in [3.8, 4) is 17.2 Å². The van der Waals surface area contributed by atoms with E-state index >= 15 is 0 Å². The van der Waals surface area contributed by atoms with Crippen LogP contribution in [0.1, 0.15) is 5.56 Å². The van der Waals surface area contributed by atoms with E-state index in [9.17, 15) is 0 Å². The molecular formula is C17H14N4O. The molecule has 22 heavy (non-hydrogen) atoms. The molecule has 0 amide bonds. The molecule has 1 heterocycles. The van der Waals surface area contributed by atoms with Crippen LogP contribution in [0, 0.1) is 11.3 Å². The lowest BCUT2D eigenvalue weighted by Crippen LogP contribution is -2.23. The molecule has 0 saturated heterocycles. The highest BCUT2D eigenvalue weighted by Crippen LogP contribution is 2.27. The van der Waals surface area contributed by atoms with Crippen LogP contribution in [0.3, 0.4) is 0 Å². The van der Waals surface area contributed by atoms with Gasteiger partial charge < -0.3 is 15.6 Å². The van der Waals surface area contributed by atoms with Gasteiger partial charge in [-0.15, -0.1) is 0 Å². The highest BCUT2D eigenvalue weighted by atomic mass is 16.3. The fourth-order valence-electron chi connectivity index (χ4n) is 2.33. The number of nitrogens with two attached hydrogens (primary N) is 2. The van der Waals surface area contributed by atoms with Crippen molar-refractivity contribution in [3.63, 3.8) is 0 Å². The van der Waals surface area contributed by atoms with Gasteiger partial charge in [-0.3, -0.25) is 0 Å². The van der Waals surface area contributed by atoms with Crippen molar-refractivity contribution in [2.24, 2.45) is 11.6 Å². The molecule has 108 valence electrons. The quantitative estimate of drug-likeness (QED) is 0.391. The van der Waals surface area contributed by atoms with E-state index in [0.29, 0.717) is 5.70 Å². The van der Waals surface area contributed by atoms with Crippen LogP contribution in [0.25, 0.3) is 27.8 Å². The summed E-state index contributed by atoms with van der Waals surface area (Å²) in [5.74, 6) is 5.30. The Morgan fingerprint density at radius 1 is 1.09 bits per heavy atom. The van der Waals surface area contributed by atoms with Crippen LogP contribution in [0.15, 0.2) is 64.9 Å². The third-order valence-corrected chi connectivity index (χ3v) is 3.48. The van der Waals surface area contributed by atoms with Crippen molar-refractivity contribution in [2.75, 3.05) is 0 Å². The number of allylic oxidation sites excluding steroid dienone is 1. The minimum atomic E-state index is 0.141. The number of nitriles is 1. The van der Waals surface area contributed by atoms with Gasteiger partial charge in [-0.2, -0.15) is 5.26 Å². The molecule has 5 heteroatoms. The predicted molar refractivity (Wildman–Crippen MR) is 85.7 cm³/mol. The van der Waals surface area contributed by atoms with Crippen molar-refractivity contribution in [1.29, 1.82) is 5.26 Å². The van der Waals surface area contributed by atoms with Crippen molar-refractivity contribution in [3.05, 3.63) is 66.1 Å². The lowest BCUT2D eigenvalue weighted by molar-refractivity contribution is 0.616. The zero-order chi connectivity index (χ0) is 15.5. The van der Waals surface area contributed by atoms with Gasteiger partial charge in [-0.25, -0.2) is 5.84 Å². The monoisotopic (exact) mass is 290 g/mol. The maximum absolute atomic E-state index is 9.00. The van der Waals surface area contributed by atoms with E-state index in [2.05, 4.69) is 5.43 Å². The molecule has 2 aromatic carbocycles. The predicted octanol–water partition coefficient (Wildman–Crippen LogP) is 2.71. The number of hydrazine groups is 1. The molecule has 5 nitrogen and oxygen atoms in total. The highest BCUT2D eigenvalue weighted by Gasteiger charge is 2.07. The zero-order valence-electron chi connectivity index (χ0n) is 11.7. The average molecular weight is 290 g/mol. The van der Waals surface area contributed by atoms with Crippen LogP contribution in [0.4, 0.5) is 0 Å². The Morgan fingerprint density at radius 2 is 1.91 bits per heavy atom. The zero-order valence-corrected chi connectivity index (χ0v) is 11.7. The van der Waals surface area contributed by atoms with Crippen LogP contribution in [0.5, 0.6) is 0 Å². The van der Waals surface area contributed by atoms with Crippen LogP contribution in [0.2, 0.25) is 0 Å². The summed E-state index contributed by atoms with van der Waals surface area (Å²) in [5, 5.41) is 10.0. The molecule has 0 spiro atoms. The van der Waals surface area contributed by atoms with E-state index < -0.39 is 0 Å². The van der Waals surface area contributed by atoms with Gasteiger partial charge in [-0.1, -0.05) is 24.3 Å². The lowest BCUT2D eigenvalue weighted by Gasteiger charge is -2.08. The Morgan fingerprint density at radius 3 is 2.68 bits per heavy atom. The molecule has 1 aromatic heterocycles. The Kier molecular flexibility index (Phi) is 3.52. The summed E-state index contributed by atoms with van der Waals surface area (Å²) in [7, 11) is 0. The fraction of sp³-hybridized carbons (Fsp3) is 0. The molecule has 0 aliphatic rings. The van der Waals surface area contributed by atoms with Crippen molar-refractivity contribution >= 4 is 16.7 Å². The van der Waals surface area contributed by atoms with Crippen LogP contribution in [-0.2, 0) is 0 Å². The van der Waals surface area contributed by atoms with Crippen LogP contribution in [-0.4, -0.2) is 0 Å². The smallest absolute Gasteiger partial charge is 0.151 e. The first-order valence-electron chi connectivity index (χ1n) is 6.67. The molecule has 0 radical (unpaired) electrons. The van der Waals surface area contributed by atoms with Gasteiger partial charge in [0.05, 0.1) is 12.0 Å². The van der Waals surface area contributed by atoms with Gasteiger partial charge >= 0.3 is 0 Å². The number of fused-ring (bicyclic) bond motifs is 1. The van der Waals surface area contributed by atoms with E-state index in [4.69, 9.17) is 21.3 Å². The lowest BCUT2D eigenvalue weighted by atomic mass is 10.0. The fourth-order valence-corrected chi connectivity index (χ4v) is 2.33. The van der Waals surface area contributed by atoms with E-state index in [1.165, 1.54) is 0 Å². The number of hydrogen-bond donors (Lipinski definition) is 3. The Hall–Kier alpha value is -3.23. The van der Waals surface area contributed by atoms with E-state index in [1.54, 1.807) is 6.26 Å². The first-order chi connectivity index (χ1) is 10.7. The number of hydrogen-bond acceptors (Lipinski definition) is 5. The Balaban J connectivity index is 2.08. The topological polar surface area (TPSA) is 101 Å². The number of nitrogens with zero attached hydrogens (tertiary/aromatic N) is 1. The summed E-state index contributed by atoms with van der Waals surface area (Å²) in [4.78, 5) is 0. The van der Waals surface area contributed by atoms with Gasteiger partial charge in [-0.05, 0) is 35.4 Å². The van der Waals surface area contributed by atoms with Crippen molar-refractivity contribution in [1.82, 2.24) is 5.43 Å². The summed E-state index contributed by atoms with van der Waals surface area (Å²) in [6, 6.07) is 17.5. The second-order valence-electron chi connectivity index (χ2n) is 4.80. The average Bonchev–Trinajstić information content (AvgIpc) is 3.03. The summed E-state index contributed by atoms with van der Waals surface area (Å²) in [6.07, 6.45) is 1.66. The maximum Gasteiger partial charge on any atom is 0.151 e. The SMILES string of the molecule is N#C/C(NN)=C(/N)c1cccc(-c2ccc3occc3c2)c1. The third kappa shape index (κ3) is 2.39.